The normalized spacial score (nSPS) is 11.1. The summed E-state index contributed by atoms with van der Waals surface area (Å²) in [6.07, 6.45) is 0.0634. The highest BCUT2D eigenvalue weighted by atomic mass is 32.2. The molecule has 102 valence electrons. The molecule has 1 rings (SSSR count). The number of aliphatic carboxylic acids is 1. The first-order valence-corrected chi connectivity index (χ1v) is 7.68. The molecular formula is C12H19NO3S2. The molecule has 0 aliphatic heterocycles. The first-order chi connectivity index (χ1) is 8.49. The Morgan fingerprint density at radius 1 is 1.56 bits per heavy atom. The Labute approximate surface area is 116 Å². The van der Waals surface area contributed by atoms with Crippen LogP contribution >= 0.6 is 23.1 Å². The molecule has 18 heavy (non-hydrogen) atoms. The average Bonchev–Trinajstić information content (AvgIpc) is 2.57. The molecule has 0 bridgehead atoms. The Morgan fingerprint density at radius 2 is 2.28 bits per heavy atom. The number of carboxylic acid groups (broad SMARTS) is 1. The maximum atomic E-state index is 10.6. The van der Waals surface area contributed by atoms with E-state index in [-0.39, 0.29) is 6.42 Å². The molecule has 1 aromatic rings. The second-order valence-corrected chi connectivity index (χ2v) is 6.80. The summed E-state index contributed by atoms with van der Waals surface area (Å²) in [5, 5.41) is 8.75. The Bertz CT molecular complexity index is 391. The zero-order valence-electron chi connectivity index (χ0n) is 10.9. The van der Waals surface area contributed by atoms with E-state index >= 15 is 0 Å². The molecule has 0 unspecified atom stereocenters. The first-order valence-electron chi connectivity index (χ1n) is 5.87. The lowest BCUT2D eigenvalue weighted by molar-refractivity contribution is -0.136. The molecule has 0 aliphatic rings. The molecule has 1 N–H and O–H groups in total. The van der Waals surface area contributed by atoms with Crippen molar-refractivity contribution < 1.29 is 14.6 Å². The van der Waals surface area contributed by atoms with Crippen molar-refractivity contribution in [2.24, 2.45) is 5.92 Å². The van der Waals surface area contributed by atoms with Gasteiger partial charge in [0.05, 0.1) is 18.7 Å². The van der Waals surface area contributed by atoms with Crippen LogP contribution in [0.25, 0.3) is 0 Å². The highest BCUT2D eigenvalue weighted by Crippen LogP contribution is 2.27. The van der Waals surface area contributed by atoms with E-state index in [9.17, 15) is 4.79 Å². The van der Waals surface area contributed by atoms with Crippen molar-refractivity contribution in [2.45, 2.75) is 31.5 Å². The highest BCUT2D eigenvalue weighted by molar-refractivity contribution is 8.01. The van der Waals surface area contributed by atoms with Gasteiger partial charge in [0.15, 0.2) is 0 Å². The number of hydrogen-bond donors (Lipinski definition) is 1. The number of hydrogen-bond acceptors (Lipinski definition) is 5. The largest absolute Gasteiger partial charge is 0.481 e. The summed E-state index contributed by atoms with van der Waals surface area (Å²) >= 11 is 3.09. The summed E-state index contributed by atoms with van der Waals surface area (Å²) in [5.41, 5.74) is 0.827. The molecule has 0 aliphatic carbocycles. The maximum absolute atomic E-state index is 10.6. The molecule has 0 amide bonds. The fraction of sp³-hybridized carbons (Fsp3) is 0.667. The van der Waals surface area contributed by atoms with Crippen LogP contribution in [0.4, 0.5) is 0 Å². The number of carboxylic acids is 1. The zero-order valence-corrected chi connectivity index (χ0v) is 12.6. The Kier molecular flexibility index (Phi) is 6.67. The molecule has 6 heteroatoms. The third kappa shape index (κ3) is 5.84. The molecule has 0 fully saturated rings. The lowest BCUT2D eigenvalue weighted by atomic mass is 10.2. The molecule has 1 aromatic heterocycles. The lowest BCUT2D eigenvalue weighted by Crippen LogP contribution is -2.04. The minimum Gasteiger partial charge on any atom is -0.481 e. The van der Waals surface area contributed by atoms with Crippen LogP contribution in [0.3, 0.4) is 0 Å². The second-order valence-electron chi connectivity index (χ2n) is 4.38. The van der Waals surface area contributed by atoms with Crippen molar-refractivity contribution in [3.8, 4) is 0 Å². The van der Waals surface area contributed by atoms with Gasteiger partial charge in [-0.15, -0.1) is 11.3 Å². The van der Waals surface area contributed by atoms with Crippen molar-refractivity contribution >= 4 is 29.1 Å². The quantitative estimate of drug-likeness (QED) is 0.589. The van der Waals surface area contributed by atoms with Crippen LogP contribution in [0.15, 0.2) is 4.34 Å². The van der Waals surface area contributed by atoms with Crippen LogP contribution < -0.4 is 0 Å². The minimum absolute atomic E-state index is 0.0634. The van der Waals surface area contributed by atoms with Crippen LogP contribution in [0.1, 0.15) is 24.4 Å². The van der Waals surface area contributed by atoms with E-state index in [1.165, 1.54) is 11.3 Å². The predicted molar refractivity (Wildman–Crippen MR) is 74.6 cm³/mol. The third-order valence-electron chi connectivity index (χ3n) is 2.09. The minimum atomic E-state index is -0.807. The third-order valence-corrected chi connectivity index (χ3v) is 4.35. The average molecular weight is 289 g/mol. The van der Waals surface area contributed by atoms with Gasteiger partial charge in [-0.1, -0.05) is 25.6 Å². The fourth-order valence-electron chi connectivity index (χ4n) is 1.27. The van der Waals surface area contributed by atoms with Crippen molar-refractivity contribution in [3.05, 3.63) is 10.6 Å². The standard InChI is InChI=1S/C12H19NO3S2/c1-8(2)7-16-4-5-17-12-13-9(3)10(18-12)6-11(14)15/h8H,4-7H2,1-3H3,(H,14,15). The van der Waals surface area contributed by atoms with Gasteiger partial charge in [0.25, 0.3) is 0 Å². The van der Waals surface area contributed by atoms with Gasteiger partial charge in [-0.25, -0.2) is 4.98 Å². The van der Waals surface area contributed by atoms with Gasteiger partial charge in [0.1, 0.15) is 4.34 Å². The molecule has 0 atom stereocenters. The summed E-state index contributed by atoms with van der Waals surface area (Å²) in [7, 11) is 0. The molecule has 0 aromatic carbocycles. The Hall–Kier alpha value is -0.590. The van der Waals surface area contributed by atoms with Gasteiger partial charge in [-0.05, 0) is 12.8 Å². The summed E-state index contributed by atoms with van der Waals surface area (Å²) in [5.74, 6) is 0.601. The second kappa shape index (κ2) is 7.76. The number of thioether (sulfide) groups is 1. The van der Waals surface area contributed by atoms with Crippen LogP contribution in [-0.4, -0.2) is 35.0 Å². The fourth-order valence-corrected chi connectivity index (χ4v) is 3.42. The number of nitrogens with zero attached hydrogens (tertiary/aromatic N) is 1. The number of carbonyl (C=O) groups is 1. The van der Waals surface area contributed by atoms with Gasteiger partial charge in [-0.2, -0.15) is 0 Å². The van der Waals surface area contributed by atoms with Crippen molar-refractivity contribution in [1.82, 2.24) is 4.98 Å². The van der Waals surface area contributed by atoms with E-state index in [4.69, 9.17) is 9.84 Å². The van der Waals surface area contributed by atoms with Gasteiger partial charge in [0.2, 0.25) is 0 Å². The van der Waals surface area contributed by atoms with Crippen molar-refractivity contribution in [3.63, 3.8) is 0 Å². The van der Waals surface area contributed by atoms with E-state index in [2.05, 4.69) is 18.8 Å². The summed E-state index contributed by atoms with van der Waals surface area (Å²) in [6.45, 7) is 7.58. The number of ether oxygens (including phenoxy) is 1. The Balaban J connectivity index is 2.32. The van der Waals surface area contributed by atoms with Gasteiger partial charge in [-0.3, -0.25) is 4.79 Å². The van der Waals surface area contributed by atoms with Gasteiger partial charge in [0, 0.05) is 17.2 Å². The zero-order chi connectivity index (χ0) is 13.5. The number of aryl methyl sites for hydroxylation is 1. The summed E-state index contributed by atoms with van der Waals surface area (Å²) in [4.78, 5) is 15.8. The summed E-state index contributed by atoms with van der Waals surface area (Å²) in [6, 6.07) is 0. The first kappa shape index (κ1) is 15.5. The predicted octanol–water partition coefficient (Wildman–Crippen LogP) is 2.84. The van der Waals surface area contributed by atoms with Crippen LogP contribution in [0.2, 0.25) is 0 Å². The van der Waals surface area contributed by atoms with E-state index in [0.29, 0.717) is 12.5 Å². The smallest absolute Gasteiger partial charge is 0.308 e. The van der Waals surface area contributed by atoms with Gasteiger partial charge < -0.3 is 9.84 Å². The van der Waals surface area contributed by atoms with E-state index in [1.54, 1.807) is 11.8 Å². The maximum Gasteiger partial charge on any atom is 0.308 e. The van der Waals surface area contributed by atoms with Crippen LogP contribution in [0.5, 0.6) is 0 Å². The lowest BCUT2D eigenvalue weighted by Gasteiger charge is -2.05. The van der Waals surface area contributed by atoms with Gasteiger partial charge >= 0.3 is 5.97 Å². The molecule has 0 saturated carbocycles. The molecule has 0 saturated heterocycles. The van der Waals surface area contributed by atoms with Crippen LogP contribution in [-0.2, 0) is 16.0 Å². The molecule has 1 heterocycles. The van der Waals surface area contributed by atoms with Crippen molar-refractivity contribution in [1.29, 1.82) is 0 Å². The van der Waals surface area contributed by atoms with E-state index < -0.39 is 5.97 Å². The van der Waals surface area contributed by atoms with Crippen molar-refractivity contribution in [2.75, 3.05) is 19.0 Å². The monoisotopic (exact) mass is 289 g/mol. The van der Waals surface area contributed by atoms with E-state index in [1.807, 2.05) is 6.92 Å². The Morgan fingerprint density at radius 3 is 2.89 bits per heavy atom. The van der Waals surface area contributed by atoms with Crippen LogP contribution in [0, 0.1) is 12.8 Å². The number of rotatable bonds is 8. The SMILES string of the molecule is Cc1nc(SCCOCC(C)C)sc1CC(=O)O. The topological polar surface area (TPSA) is 59.4 Å². The molecule has 4 nitrogen and oxygen atoms in total. The number of thiazole rings is 1. The summed E-state index contributed by atoms with van der Waals surface area (Å²) < 4.78 is 6.41. The molecule has 0 spiro atoms. The number of aromatic nitrogens is 1. The molecular weight excluding hydrogens is 270 g/mol. The highest BCUT2D eigenvalue weighted by Gasteiger charge is 2.11. The molecule has 0 radical (unpaired) electrons. The van der Waals surface area contributed by atoms with E-state index in [0.717, 1.165) is 27.3 Å².